The average molecular weight is 279 g/mol. The summed E-state index contributed by atoms with van der Waals surface area (Å²) in [6, 6.07) is 21.4. The first-order valence-corrected chi connectivity index (χ1v) is 7.46. The molecule has 108 valence electrons. The zero-order valence-corrected chi connectivity index (χ0v) is 12.3. The quantitative estimate of drug-likeness (QED) is 0.903. The van der Waals surface area contributed by atoms with Crippen molar-refractivity contribution in [1.29, 1.82) is 0 Å². The third-order valence-electron chi connectivity index (χ3n) is 4.00. The van der Waals surface area contributed by atoms with Crippen molar-refractivity contribution in [3.63, 3.8) is 0 Å². The van der Waals surface area contributed by atoms with E-state index in [0.717, 1.165) is 19.0 Å². The van der Waals surface area contributed by atoms with Gasteiger partial charge < -0.3 is 10.6 Å². The summed E-state index contributed by atoms with van der Waals surface area (Å²) in [6.45, 7) is 3.88. The van der Waals surface area contributed by atoms with Gasteiger partial charge in [-0.1, -0.05) is 67.6 Å². The van der Waals surface area contributed by atoms with Crippen LogP contribution in [0.2, 0.25) is 0 Å². The van der Waals surface area contributed by atoms with Crippen molar-refractivity contribution in [2.75, 3.05) is 6.54 Å². The minimum atomic E-state index is 0.366. The number of benzene rings is 2. The van der Waals surface area contributed by atoms with E-state index in [9.17, 15) is 0 Å². The summed E-state index contributed by atoms with van der Waals surface area (Å²) in [5.74, 6) is 1.36. The number of nitrogens with zero attached hydrogens (tertiary/aromatic N) is 1. The zero-order chi connectivity index (χ0) is 14.5. The Hall–Kier alpha value is -2.29. The van der Waals surface area contributed by atoms with Crippen LogP contribution in [0.4, 0.5) is 0 Å². The Kier molecular flexibility index (Phi) is 4.20. The second-order valence-corrected chi connectivity index (χ2v) is 5.48. The van der Waals surface area contributed by atoms with Crippen LogP contribution < -0.4 is 10.6 Å². The summed E-state index contributed by atoms with van der Waals surface area (Å²) in [5.41, 5.74) is 2.62. The van der Waals surface area contributed by atoms with Crippen molar-refractivity contribution >= 4 is 5.96 Å². The SMILES string of the molecule is CC(c1ccccc1)C1CN=C(NCc2ccccc2)N1. The second kappa shape index (κ2) is 6.44. The Labute approximate surface area is 126 Å². The first-order valence-electron chi connectivity index (χ1n) is 7.46. The van der Waals surface area contributed by atoms with E-state index in [0.29, 0.717) is 12.0 Å². The van der Waals surface area contributed by atoms with Gasteiger partial charge in [-0.05, 0) is 11.1 Å². The molecule has 1 aliphatic heterocycles. The molecule has 1 heterocycles. The van der Waals surface area contributed by atoms with Gasteiger partial charge in [0.15, 0.2) is 5.96 Å². The molecule has 2 atom stereocenters. The number of nitrogens with one attached hydrogen (secondary N) is 2. The molecular formula is C18H21N3. The van der Waals surface area contributed by atoms with E-state index in [1.807, 2.05) is 6.07 Å². The Morgan fingerprint density at radius 2 is 1.76 bits per heavy atom. The second-order valence-electron chi connectivity index (χ2n) is 5.48. The van der Waals surface area contributed by atoms with Crippen molar-refractivity contribution < 1.29 is 0 Å². The molecule has 0 fully saturated rings. The van der Waals surface area contributed by atoms with E-state index < -0.39 is 0 Å². The molecule has 2 N–H and O–H groups in total. The van der Waals surface area contributed by atoms with Gasteiger partial charge in [0.05, 0.1) is 12.6 Å². The third kappa shape index (κ3) is 3.43. The molecule has 3 rings (SSSR count). The van der Waals surface area contributed by atoms with Crippen LogP contribution in [0, 0.1) is 0 Å². The number of hydrogen-bond acceptors (Lipinski definition) is 3. The van der Waals surface area contributed by atoms with Crippen LogP contribution >= 0.6 is 0 Å². The van der Waals surface area contributed by atoms with Gasteiger partial charge in [-0.25, -0.2) is 0 Å². The highest BCUT2D eigenvalue weighted by Crippen LogP contribution is 2.20. The zero-order valence-electron chi connectivity index (χ0n) is 12.3. The lowest BCUT2D eigenvalue weighted by Gasteiger charge is -2.20. The van der Waals surface area contributed by atoms with Crippen molar-refractivity contribution in [2.45, 2.75) is 25.4 Å². The first kappa shape index (κ1) is 13.7. The highest BCUT2D eigenvalue weighted by Gasteiger charge is 2.24. The maximum atomic E-state index is 4.57. The highest BCUT2D eigenvalue weighted by molar-refractivity contribution is 5.81. The lowest BCUT2D eigenvalue weighted by molar-refractivity contribution is 0.552. The molecule has 1 aliphatic rings. The van der Waals surface area contributed by atoms with E-state index in [2.05, 4.69) is 77.1 Å². The average Bonchev–Trinajstić information content (AvgIpc) is 3.03. The van der Waals surface area contributed by atoms with Crippen LogP contribution in [0.25, 0.3) is 0 Å². The summed E-state index contributed by atoms with van der Waals surface area (Å²) >= 11 is 0. The Bertz CT molecular complexity index is 592. The van der Waals surface area contributed by atoms with Crippen LogP contribution in [0.5, 0.6) is 0 Å². The first-order chi connectivity index (χ1) is 10.3. The van der Waals surface area contributed by atoms with Gasteiger partial charge in [-0.2, -0.15) is 0 Å². The fourth-order valence-electron chi connectivity index (χ4n) is 2.62. The Morgan fingerprint density at radius 3 is 2.48 bits per heavy atom. The van der Waals surface area contributed by atoms with Gasteiger partial charge >= 0.3 is 0 Å². The smallest absolute Gasteiger partial charge is 0.191 e. The van der Waals surface area contributed by atoms with E-state index in [4.69, 9.17) is 0 Å². The normalized spacial score (nSPS) is 18.7. The Balaban J connectivity index is 1.53. The summed E-state index contributed by atoms with van der Waals surface area (Å²) in [7, 11) is 0. The minimum absolute atomic E-state index is 0.366. The predicted octanol–water partition coefficient (Wildman–Crippen LogP) is 2.91. The van der Waals surface area contributed by atoms with E-state index in [-0.39, 0.29) is 0 Å². The van der Waals surface area contributed by atoms with Crippen molar-refractivity contribution in [1.82, 2.24) is 10.6 Å². The predicted molar refractivity (Wildman–Crippen MR) is 87.4 cm³/mol. The molecule has 3 heteroatoms. The van der Waals surface area contributed by atoms with Gasteiger partial charge in [0.2, 0.25) is 0 Å². The standard InChI is InChI=1S/C18H21N3/c1-14(16-10-6-3-7-11-16)17-13-20-18(21-17)19-12-15-8-4-2-5-9-15/h2-11,14,17H,12-13H2,1H3,(H2,19,20,21). The fourth-order valence-corrected chi connectivity index (χ4v) is 2.62. The number of aliphatic imine (C=N–C) groups is 1. The summed E-state index contributed by atoms with van der Waals surface area (Å²) in [4.78, 5) is 4.57. The summed E-state index contributed by atoms with van der Waals surface area (Å²) in [5, 5.41) is 6.87. The third-order valence-corrected chi connectivity index (χ3v) is 4.00. The fraction of sp³-hybridized carbons (Fsp3) is 0.278. The van der Waals surface area contributed by atoms with Gasteiger partial charge in [-0.15, -0.1) is 0 Å². The molecule has 0 aromatic heterocycles. The monoisotopic (exact) mass is 279 g/mol. The van der Waals surface area contributed by atoms with Crippen LogP contribution in [0.15, 0.2) is 65.7 Å². The van der Waals surface area contributed by atoms with Crippen molar-refractivity contribution in [3.8, 4) is 0 Å². The number of hydrogen-bond donors (Lipinski definition) is 2. The largest absolute Gasteiger partial charge is 0.352 e. The summed E-state index contributed by atoms with van der Waals surface area (Å²) < 4.78 is 0. The maximum absolute atomic E-state index is 4.57. The van der Waals surface area contributed by atoms with Gasteiger partial charge in [-0.3, -0.25) is 4.99 Å². The minimum Gasteiger partial charge on any atom is -0.352 e. The van der Waals surface area contributed by atoms with Crippen molar-refractivity contribution in [3.05, 3.63) is 71.8 Å². The molecule has 3 nitrogen and oxygen atoms in total. The summed E-state index contributed by atoms with van der Waals surface area (Å²) in [6.07, 6.45) is 0. The van der Waals surface area contributed by atoms with Gasteiger partial charge in [0.25, 0.3) is 0 Å². The molecule has 0 radical (unpaired) electrons. The molecule has 0 amide bonds. The lowest BCUT2D eigenvalue weighted by Crippen LogP contribution is -2.40. The molecule has 0 aliphatic carbocycles. The van der Waals surface area contributed by atoms with Crippen molar-refractivity contribution in [2.24, 2.45) is 4.99 Å². The van der Waals surface area contributed by atoms with Gasteiger partial charge in [0, 0.05) is 12.5 Å². The molecule has 2 aromatic carbocycles. The van der Waals surface area contributed by atoms with Gasteiger partial charge in [0.1, 0.15) is 0 Å². The van der Waals surface area contributed by atoms with Crippen LogP contribution in [-0.2, 0) is 6.54 Å². The number of guanidine groups is 1. The van der Waals surface area contributed by atoms with E-state index >= 15 is 0 Å². The molecule has 2 aromatic rings. The molecule has 0 bridgehead atoms. The number of rotatable bonds is 4. The molecular weight excluding hydrogens is 258 g/mol. The lowest BCUT2D eigenvalue weighted by atomic mass is 9.94. The molecule has 2 unspecified atom stereocenters. The maximum Gasteiger partial charge on any atom is 0.191 e. The van der Waals surface area contributed by atoms with E-state index in [1.165, 1.54) is 11.1 Å². The van der Waals surface area contributed by atoms with Crippen LogP contribution in [0.3, 0.4) is 0 Å². The molecule has 0 spiro atoms. The van der Waals surface area contributed by atoms with Crippen LogP contribution in [-0.4, -0.2) is 18.5 Å². The molecule has 0 saturated carbocycles. The Morgan fingerprint density at radius 1 is 1.10 bits per heavy atom. The highest BCUT2D eigenvalue weighted by atomic mass is 15.2. The van der Waals surface area contributed by atoms with Crippen LogP contribution in [0.1, 0.15) is 24.0 Å². The topological polar surface area (TPSA) is 36.4 Å². The molecule has 21 heavy (non-hydrogen) atoms. The molecule has 0 saturated heterocycles. The van der Waals surface area contributed by atoms with E-state index in [1.54, 1.807) is 0 Å².